The van der Waals surface area contributed by atoms with Gasteiger partial charge in [-0.25, -0.2) is 4.79 Å². The molecule has 0 radical (unpaired) electrons. The zero-order valence-corrected chi connectivity index (χ0v) is 11.0. The molecule has 0 rings (SSSR count). The van der Waals surface area contributed by atoms with Crippen LogP contribution in [0, 0.1) is 0 Å². The molecule has 0 bridgehead atoms. The molecule has 0 aromatic rings. The van der Waals surface area contributed by atoms with Crippen LogP contribution in [0.25, 0.3) is 0 Å². The highest BCUT2D eigenvalue weighted by Gasteiger charge is 2.15. The Morgan fingerprint density at radius 2 is 1.94 bits per heavy atom. The molecule has 1 unspecified atom stereocenters. The zero-order chi connectivity index (χ0) is 12.8. The summed E-state index contributed by atoms with van der Waals surface area (Å²) in [4.78, 5) is 22.1. The van der Waals surface area contributed by atoms with Crippen molar-refractivity contribution in [1.29, 1.82) is 0 Å². The lowest BCUT2D eigenvalue weighted by molar-refractivity contribution is -0.142. The van der Waals surface area contributed by atoms with E-state index in [1.54, 1.807) is 27.7 Å². The van der Waals surface area contributed by atoms with E-state index in [2.05, 4.69) is 17.9 Å². The first-order valence-electron chi connectivity index (χ1n) is 5.04. The molecule has 1 atom stereocenters. The Morgan fingerprint density at radius 1 is 1.38 bits per heavy atom. The maximum Gasteiger partial charge on any atom is 0.407 e. The van der Waals surface area contributed by atoms with Crippen molar-refractivity contribution >= 4 is 24.7 Å². The lowest BCUT2D eigenvalue weighted by atomic mass is 10.2. The quantitative estimate of drug-likeness (QED) is 0.449. The van der Waals surface area contributed by atoms with E-state index in [4.69, 9.17) is 9.47 Å². The third-order valence-electron chi connectivity index (χ3n) is 1.36. The second kappa shape index (κ2) is 6.62. The van der Waals surface area contributed by atoms with Crippen molar-refractivity contribution in [3.63, 3.8) is 0 Å². The molecule has 0 aliphatic carbocycles. The first-order valence-corrected chi connectivity index (χ1v) is 5.55. The van der Waals surface area contributed by atoms with Gasteiger partial charge in [-0.15, -0.1) is 0 Å². The molecule has 0 spiro atoms. The molecule has 0 fully saturated rings. The maximum atomic E-state index is 11.1. The number of alkyl carbamates (subject to hydrolysis) is 1. The lowest BCUT2D eigenvalue weighted by Gasteiger charge is -2.19. The first-order chi connectivity index (χ1) is 7.22. The van der Waals surface area contributed by atoms with Crippen LogP contribution >= 0.6 is 12.6 Å². The lowest BCUT2D eigenvalue weighted by Crippen LogP contribution is -2.34. The highest BCUT2D eigenvalue weighted by Crippen LogP contribution is 2.06. The third kappa shape index (κ3) is 8.40. The monoisotopic (exact) mass is 249 g/mol. The summed E-state index contributed by atoms with van der Waals surface area (Å²) in [5.74, 6) is -0.408. The van der Waals surface area contributed by atoms with Crippen molar-refractivity contribution in [2.45, 2.75) is 38.5 Å². The fraction of sp³-hybridized carbons (Fsp3) is 0.800. The second-order valence-corrected chi connectivity index (χ2v) is 5.05. The number of nitrogens with one attached hydrogen (secondary N) is 1. The average molecular weight is 249 g/mol. The van der Waals surface area contributed by atoms with Crippen LogP contribution < -0.4 is 5.32 Å². The number of ether oxygens (including phenoxy) is 2. The van der Waals surface area contributed by atoms with Crippen LogP contribution in [0.1, 0.15) is 27.7 Å². The van der Waals surface area contributed by atoms with Gasteiger partial charge in [-0.3, -0.25) is 4.79 Å². The summed E-state index contributed by atoms with van der Waals surface area (Å²) in [6.45, 7) is 7.27. The molecule has 0 aliphatic rings. The van der Waals surface area contributed by atoms with E-state index in [9.17, 15) is 9.59 Å². The molecule has 0 heterocycles. The Hall–Kier alpha value is -0.910. The molecule has 16 heavy (non-hydrogen) atoms. The van der Waals surface area contributed by atoms with Gasteiger partial charge in [-0.2, -0.15) is 12.6 Å². The molecule has 1 N–H and O–H groups in total. The van der Waals surface area contributed by atoms with Crippen LogP contribution in [0.5, 0.6) is 0 Å². The fourth-order valence-electron chi connectivity index (χ4n) is 0.739. The summed E-state index contributed by atoms with van der Waals surface area (Å²) >= 11 is 3.91. The molecule has 94 valence electrons. The van der Waals surface area contributed by atoms with E-state index < -0.39 is 22.9 Å². The minimum absolute atomic E-state index is 0.114. The summed E-state index contributed by atoms with van der Waals surface area (Å²) < 4.78 is 9.78. The summed E-state index contributed by atoms with van der Waals surface area (Å²) in [5, 5.41) is 2.01. The van der Waals surface area contributed by atoms with E-state index in [-0.39, 0.29) is 13.2 Å². The number of rotatable bonds is 4. The van der Waals surface area contributed by atoms with Gasteiger partial charge in [0.1, 0.15) is 12.2 Å². The predicted molar refractivity (Wildman–Crippen MR) is 63.6 cm³/mol. The molecule has 0 saturated carbocycles. The number of hydrogen-bond acceptors (Lipinski definition) is 5. The van der Waals surface area contributed by atoms with E-state index >= 15 is 0 Å². The number of carbonyl (C=O) groups is 2. The molecule has 1 amide bonds. The first kappa shape index (κ1) is 15.1. The Labute approximate surface area is 101 Å². The van der Waals surface area contributed by atoms with Gasteiger partial charge >= 0.3 is 12.1 Å². The van der Waals surface area contributed by atoms with Crippen LogP contribution in [0.4, 0.5) is 4.79 Å². The van der Waals surface area contributed by atoms with Crippen molar-refractivity contribution in [2.75, 3.05) is 13.2 Å². The van der Waals surface area contributed by atoms with Gasteiger partial charge in [0.25, 0.3) is 0 Å². The molecule has 5 nitrogen and oxygen atoms in total. The maximum absolute atomic E-state index is 11.1. The highest BCUT2D eigenvalue weighted by molar-refractivity contribution is 7.81. The SMILES string of the molecule is CC(S)C(=O)OCCNC(=O)OC(C)(C)C. The summed E-state index contributed by atoms with van der Waals surface area (Å²) in [6, 6.07) is 0. The topological polar surface area (TPSA) is 64.6 Å². The summed E-state index contributed by atoms with van der Waals surface area (Å²) in [5.41, 5.74) is -0.527. The van der Waals surface area contributed by atoms with Crippen molar-refractivity contribution in [3.8, 4) is 0 Å². The van der Waals surface area contributed by atoms with Crippen LogP contribution in [0.15, 0.2) is 0 Å². The zero-order valence-electron chi connectivity index (χ0n) is 10.1. The van der Waals surface area contributed by atoms with Crippen molar-refractivity contribution in [3.05, 3.63) is 0 Å². The van der Waals surface area contributed by atoms with Crippen molar-refractivity contribution in [2.24, 2.45) is 0 Å². The number of carbonyl (C=O) groups excluding carboxylic acids is 2. The molecular formula is C10H19NO4S. The summed E-state index contributed by atoms with van der Waals surface area (Å²) in [6.07, 6.45) is -0.525. The van der Waals surface area contributed by atoms with E-state index in [0.717, 1.165) is 0 Å². The highest BCUT2D eigenvalue weighted by atomic mass is 32.1. The van der Waals surface area contributed by atoms with Crippen molar-refractivity contribution in [1.82, 2.24) is 5.32 Å². The minimum atomic E-state index is -0.527. The van der Waals surface area contributed by atoms with Crippen LogP contribution in [-0.4, -0.2) is 36.1 Å². The van der Waals surface area contributed by atoms with Gasteiger partial charge in [0, 0.05) is 0 Å². The van der Waals surface area contributed by atoms with Gasteiger partial charge in [-0.05, 0) is 27.7 Å². The van der Waals surface area contributed by atoms with Gasteiger partial charge < -0.3 is 14.8 Å². The molecule has 0 aromatic heterocycles. The number of esters is 1. The van der Waals surface area contributed by atoms with Crippen LogP contribution in [-0.2, 0) is 14.3 Å². The smallest absolute Gasteiger partial charge is 0.407 e. The van der Waals surface area contributed by atoms with E-state index in [1.807, 2.05) is 0 Å². The molecule has 0 aliphatic heterocycles. The van der Waals surface area contributed by atoms with Crippen LogP contribution in [0.2, 0.25) is 0 Å². The Kier molecular flexibility index (Phi) is 6.25. The fourth-order valence-corrected chi connectivity index (χ4v) is 0.814. The Morgan fingerprint density at radius 3 is 2.38 bits per heavy atom. The third-order valence-corrected chi connectivity index (χ3v) is 1.57. The molecule has 0 saturated heterocycles. The Bertz CT molecular complexity index is 248. The molecular weight excluding hydrogens is 230 g/mol. The molecule has 6 heteroatoms. The van der Waals surface area contributed by atoms with Crippen molar-refractivity contribution < 1.29 is 19.1 Å². The second-order valence-electron chi connectivity index (χ2n) is 4.27. The number of amides is 1. The van der Waals surface area contributed by atoms with Gasteiger partial charge in [0.15, 0.2) is 0 Å². The number of hydrogen-bond donors (Lipinski definition) is 2. The normalized spacial score (nSPS) is 12.8. The average Bonchev–Trinajstić information content (AvgIpc) is 2.08. The molecule has 0 aromatic carbocycles. The largest absolute Gasteiger partial charge is 0.463 e. The van der Waals surface area contributed by atoms with Gasteiger partial charge in [0.2, 0.25) is 0 Å². The Balaban J connectivity index is 3.60. The summed E-state index contributed by atoms with van der Waals surface area (Å²) in [7, 11) is 0. The predicted octanol–water partition coefficient (Wildman–Crippen LogP) is 1.37. The standard InChI is InChI=1S/C10H19NO4S/c1-7(16)8(12)14-6-5-11-9(13)15-10(2,3)4/h7,16H,5-6H2,1-4H3,(H,11,13). The van der Waals surface area contributed by atoms with Gasteiger partial charge in [0.05, 0.1) is 11.8 Å². The van der Waals surface area contributed by atoms with Gasteiger partial charge in [-0.1, -0.05) is 0 Å². The number of thiol groups is 1. The van der Waals surface area contributed by atoms with E-state index in [0.29, 0.717) is 0 Å². The van der Waals surface area contributed by atoms with Crippen LogP contribution in [0.3, 0.4) is 0 Å². The minimum Gasteiger partial charge on any atom is -0.463 e. The van der Waals surface area contributed by atoms with E-state index in [1.165, 1.54) is 0 Å².